The van der Waals surface area contributed by atoms with Gasteiger partial charge in [0.2, 0.25) is 0 Å². The van der Waals surface area contributed by atoms with Gasteiger partial charge in [-0.3, -0.25) is 4.79 Å². The number of hydrogen-bond donors (Lipinski definition) is 0. The fourth-order valence-electron chi connectivity index (χ4n) is 1.44. The van der Waals surface area contributed by atoms with E-state index in [1.54, 1.807) is 0 Å². The van der Waals surface area contributed by atoms with Gasteiger partial charge < -0.3 is 4.74 Å². The van der Waals surface area contributed by atoms with Crippen LogP contribution in [0.3, 0.4) is 0 Å². The summed E-state index contributed by atoms with van der Waals surface area (Å²) in [7, 11) is 0. The van der Waals surface area contributed by atoms with Gasteiger partial charge in [0.15, 0.2) is 0 Å². The van der Waals surface area contributed by atoms with E-state index < -0.39 is 0 Å². The molecule has 12 heavy (non-hydrogen) atoms. The Morgan fingerprint density at radius 1 is 1.67 bits per heavy atom. The Morgan fingerprint density at radius 2 is 2.42 bits per heavy atom. The molecule has 0 aromatic rings. The zero-order chi connectivity index (χ0) is 8.97. The molecule has 0 aromatic carbocycles. The van der Waals surface area contributed by atoms with E-state index in [9.17, 15) is 4.79 Å². The zero-order valence-corrected chi connectivity index (χ0v) is 8.97. The van der Waals surface area contributed by atoms with E-state index in [0.717, 1.165) is 18.2 Å². The highest BCUT2D eigenvalue weighted by atomic mass is 79.9. The van der Waals surface area contributed by atoms with Crippen molar-refractivity contribution < 1.29 is 9.53 Å². The number of alkyl halides is 1. The lowest BCUT2D eigenvalue weighted by Gasteiger charge is -1.99. The molecule has 0 saturated heterocycles. The minimum Gasteiger partial charge on any atom is -0.466 e. The van der Waals surface area contributed by atoms with Crippen molar-refractivity contribution in [3.8, 4) is 0 Å². The second-order valence-electron chi connectivity index (χ2n) is 3.19. The van der Waals surface area contributed by atoms with Gasteiger partial charge in [-0.1, -0.05) is 15.9 Å². The molecule has 1 saturated carbocycles. The average Bonchev–Trinajstić information content (AvgIpc) is 2.80. The lowest BCUT2D eigenvalue weighted by molar-refractivity contribution is -0.145. The maximum absolute atomic E-state index is 11.1. The van der Waals surface area contributed by atoms with Crippen LogP contribution in [-0.4, -0.2) is 17.9 Å². The van der Waals surface area contributed by atoms with Crippen LogP contribution in [0.5, 0.6) is 0 Å². The van der Waals surface area contributed by atoms with Crippen LogP contribution in [-0.2, 0) is 9.53 Å². The molecule has 0 N–H and O–H groups in total. The predicted octanol–water partition coefficient (Wildman–Crippen LogP) is 2.36. The molecule has 1 fully saturated rings. The molecular formula is C9H15BrO2. The van der Waals surface area contributed by atoms with E-state index in [4.69, 9.17) is 4.74 Å². The third kappa shape index (κ3) is 2.77. The maximum atomic E-state index is 11.1. The molecule has 2 atom stereocenters. The highest BCUT2D eigenvalue weighted by molar-refractivity contribution is 9.09. The Kier molecular flexibility index (Phi) is 4.06. The lowest BCUT2D eigenvalue weighted by Crippen LogP contribution is -2.07. The van der Waals surface area contributed by atoms with E-state index in [0.29, 0.717) is 12.5 Å². The van der Waals surface area contributed by atoms with Crippen molar-refractivity contribution in [2.45, 2.75) is 26.2 Å². The average molecular weight is 235 g/mol. The summed E-state index contributed by atoms with van der Waals surface area (Å²) in [6.07, 6.45) is 3.38. The van der Waals surface area contributed by atoms with Gasteiger partial charge in [0.25, 0.3) is 0 Å². The molecule has 0 spiro atoms. The summed E-state index contributed by atoms with van der Waals surface area (Å²) in [6.45, 7) is 2.37. The van der Waals surface area contributed by atoms with Gasteiger partial charge in [0, 0.05) is 5.33 Å². The number of carbonyl (C=O) groups excluding carboxylic acids is 1. The molecular weight excluding hydrogens is 220 g/mol. The molecule has 0 aromatic heterocycles. The van der Waals surface area contributed by atoms with Crippen LogP contribution in [0.25, 0.3) is 0 Å². The zero-order valence-electron chi connectivity index (χ0n) is 7.38. The predicted molar refractivity (Wildman–Crippen MR) is 51.3 cm³/mol. The van der Waals surface area contributed by atoms with Gasteiger partial charge in [0.1, 0.15) is 0 Å². The van der Waals surface area contributed by atoms with Crippen LogP contribution in [0.15, 0.2) is 0 Å². The van der Waals surface area contributed by atoms with Crippen molar-refractivity contribution in [3.05, 3.63) is 0 Å². The summed E-state index contributed by atoms with van der Waals surface area (Å²) >= 11 is 3.38. The van der Waals surface area contributed by atoms with Gasteiger partial charge in [0.05, 0.1) is 12.5 Å². The number of carbonyl (C=O) groups is 1. The number of ether oxygens (including phenoxy) is 1. The summed E-state index contributed by atoms with van der Waals surface area (Å²) in [5.74, 6) is 0.850. The summed E-state index contributed by atoms with van der Waals surface area (Å²) < 4.78 is 4.93. The monoisotopic (exact) mass is 234 g/mol. The van der Waals surface area contributed by atoms with Crippen LogP contribution in [0.1, 0.15) is 26.2 Å². The molecule has 3 heteroatoms. The highest BCUT2D eigenvalue weighted by Crippen LogP contribution is 2.42. The van der Waals surface area contributed by atoms with Gasteiger partial charge >= 0.3 is 5.97 Å². The molecule has 2 nitrogen and oxygen atoms in total. The van der Waals surface area contributed by atoms with Gasteiger partial charge in [-0.15, -0.1) is 0 Å². The maximum Gasteiger partial charge on any atom is 0.309 e. The summed E-state index contributed by atoms with van der Waals surface area (Å²) in [5, 5.41) is 1.04. The number of hydrogen-bond acceptors (Lipinski definition) is 2. The first-order valence-electron chi connectivity index (χ1n) is 4.52. The van der Waals surface area contributed by atoms with Gasteiger partial charge in [-0.05, 0) is 32.1 Å². The van der Waals surface area contributed by atoms with Gasteiger partial charge in [-0.25, -0.2) is 0 Å². The number of rotatable bonds is 5. The Balaban J connectivity index is 2.10. The van der Waals surface area contributed by atoms with Crippen molar-refractivity contribution in [3.63, 3.8) is 0 Å². The highest BCUT2D eigenvalue weighted by Gasteiger charge is 2.43. The first-order valence-corrected chi connectivity index (χ1v) is 5.64. The van der Waals surface area contributed by atoms with E-state index in [-0.39, 0.29) is 11.9 Å². The first kappa shape index (κ1) is 10.0. The van der Waals surface area contributed by atoms with Crippen molar-refractivity contribution >= 4 is 21.9 Å². The normalized spacial score (nSPS) is 26.8. The topological polar surface area (TPSA) is 26.3 Å². The first-order chi connectivity index (χ1) is 5.79. The Morgan fingerprint density at radius 3 is 3.00 bits per heavy atom. The third-order valence-electron chi connectivity index (χ3n) is 2.22. The molecule has 0 bridgehead atoms. The standard InChI is InChI=1S/C9H15BrO2/c1-2-12-9(11)8-6-7(8)4-3-5-10/h7-8H,2-6H2,1H3/t7-,8+/m0/s1. The largest absolute Gasteiger partial charge is 0.466 e. The van der Waals surface area contributed by atoms with Crippen LogP contribution in [0.2, 0.25) is 0 Å². The number of halogens is 1. The second kappa shape index (κ2) is 4.85. The van der Waals surface area contributed by atoms with Crippen LogP contribution < -0.4 is 0 Å². The Labute approximate surface area is 81.8 Å². The SMILES string of the molecule is CCOC(=O)[C@@H]1C[C@@H]1CCCBr. The van der Waals surface area contributed by atoms with Crippen molar-refractivity contribution in [2.24, 2.45) is 11.8 Å². The van der Waals surface area contributed by atoms with E-state index in [1.807, 2.05) is 6.92 Å². The minimum absolute atomic E-state index is 0.0112. The van der Waals surface area contributed by atoms with E-state index in [2.05, 4.69) is 15.9 Å². The van der Waals surface area contributed by atoms with E-state index >= 15 is 0 Å². The van der Waals surface area contributed by atoms with Crippen molar-refractivity contribution in [1.29, 1.82) is 0 Å². The van der Waals surface area contributed by atoms with Crippen molar-refractivity contribution in [2.75, 3.05) is 11.9 Å². The second-order valence-corrected chi connectivity index (χ2v) is 3.98. The van der Waals surface area contributed by atoms with Gasteiger partial charge in [-0.2, -0.15) is 0 Å². The minimum atomic E-state index is 0.0112. The van der Waals surface area contributed by atoms with E-state index in [1.165, 1.54) is 6.42 Å². The van der Waals surface area contributed by atoms with Crippen molar-refractivity contribution in [1.82, 2.24) is 0 Å². The molecule has 1 aliphatic rings. The Bertz CT molecular complexity index is 159. The molecule has 0 amide bonds. The molecule has 1 rings (SSSR count). The third-order valence-corrected chi connectivity index (χ3v) is 2.78. The van der Waals surface area contributed by atoms with Crippen LogP contribution in [0.4, 0.5) is 0 Å². The lowest BCUT2D eigenvalue weighted by atomic mass is 10.2. The fraction of sp³-hybridized carbons (Fsp3) is 0.889. The summed E-state index contributed by atoms with van der Waals surface area (Å²) in [5.41, 5.74) is 0. The summed E-state index contributed by atoms with van der Waals surface area (Å²) in [4.78, 5) is 11.1. The smallest absolute Gasteiger partial charge is 0.309 e. The fourth-order valence-corrected chi connectivity index (χ4v) is 1.77. The molecule has 0 aliphatic heterocycles. The van der Waals surface area contributed by atoms with Crippen LogP contribution >= 0.6 is 15.9 Å². The quantitative estimate of drug-likeness (QED) is 0.540. The number of esters is 1. The molecule has 0 heterocycles. The molecule has 70 valence electrons. The molecule has 0 radical (unpaired) electrons. The molecule has 1 aliphatic carbocycles. The molecule has 0 unspecified atom stereocenters. The summed E-state index contributed by atoms with van der Waals surface area (Å²) in [6, 6.07) is 0. The Hall–Kier alpha value is -0.0500. The van der Waals surface area contributed by atoms with Crippen LogP contribution in [0, 0.1) is 11.8 Å².